The minimum absolute atomic E-state index is 0.0351. The minimum atomic E-state index is -0.0540. The summed E-state index contributed by atoms with van der Waals surface area (Å²) in [5.74, 6) is 0.507. The molecular weight excluding hydrogens is 354 g/mol. The number of carbonyl (C=O) groups is 2. The number of nitriles is 1. The number of ether oxygens (including phenoxy) is 1. The fraction of sp³-hybridized carbons (Fsp3) is 0.318. The van der Waals surface area contributed by atoms with Gasteiger partial charge in [-0.15, -0.1) is 0 Å². The van der Waals surface area contributed by atoms with Gasteiger partial charge in [-0.3, -0.25) is 9.59 Å². The Morgan fingerprint density at radius 3 is 2.46 bits per heavy atom. The maximum Gasteiger partial charge on any atom is 0.257 e. The van der Waals surface area contributed by atoms with Gasteiger partial charge in [0, 0.05) is 31.7 Å². The molecular formula is C22H23N3O3. The van der Waals surface area contributed by atoms with Crippen molar-refractivity contribution in [2.45, 2.75) is 13.8 Å². The van der Waals surface area contributed by atoms with Gasteiger partial charge in [0.05, 0.1) is 23.4 Å². The summed E-state index contributed by atoms with van der Waals surface area (Å²) in [6.07, 6.45) is 0. The van der Waals surface area contributed by atoms with Gasteiger partial charge in [0.2, 0.25) is 0 Å². The second-order valence-electron chi connectivity index (χ2n) is 6.61. The summed E-state index contributed by atoms with van der Waals surface area (Å²) in [5.41, 5.74) is 2.43. The largest absolute Gasteiger partial charge is 0.493 e. The Bertz CT molecular complexity index is 925. The zero-order valence-corrected chi connectivity index (χ0v) is 16.1. The van der Waals surface area contributed by atoms with E-state index in [4.69, 9.17) is 4.74 Å². The van der Waals surface area contributed by atoms with Crippen LogP contribution in [0.2, 0.25) is 0 Å². The predicted molar refractivity (Wildman–Crippen MR) is 107 cm³/mol. The van der Waals surface area contributed by atoms with Crippen molar-refractivity contribution in [3.63, 3.8) is 0 Å². The molecule has 1 heterocycles. The summed E-state index contributed by atoms with van der Waals surface area (Å²) < 4.78 is 5.58. The summed E-state index contributed by atoms with van der Waals surface area (Å²) in [6.45, 7) is 6.17. The first-order valence-corrected chi connectivity index (χ1v) is 9.36. The van der Waals surface area contributed by atoms with Crippen molar-refractivity contribution in [3.05, 3.63) is 59.2 Å². The first-order chi connectivity index (χ1) is 13.5. The zero-order valence-electron chi connectivity index (χ0n) is 16.1. The van der Waals surface area contributed by atoms with Gasteiger partial charge < -0.3 is 14.5 Å². The van der Waals surface area contributed by atoms with Crippen molar-refractivity contribution in [2.24, 2.45) is 0 Å². The highest BCUT2D eigenvalue weighted by Crippen LogP contribution is 2.25. The van der Waals surface area contributed by atoms with Crippen molar-refractivity contribution < 1.29 is 14.3 Å². The molecule has 144 valence electrons. The number of para-hydroxylation sites is 1. The van der Waals surface area contributed by atoms with E-state index in [1.807, 2.05) is 19.1 Å². The van der Waals surface area contributed by atoms with Crippen LogP contribution in [-0.2, 0) is 0 Å². The van der Waals surface area contributed by atoms with Crippen LogP contribution in [0.5, 0.6) is 5.75 Å². The van der Waals surface area contributed by atoms with Crippen LogP contribution in [0.3, 0.4) is 0 Å². The molecule has 2 aromatic rings. The average molecular weight is 377 g/mol. The SMILES string of the molecule is CCOc1ccccc1C(=O)N1CCN(c2cc(C(C)=O)ccc2C#N)CC1. The molecule has 1 aliphatic rings. The fourth-order valence-corrected chi connectivity index (χ4v) is 3.35. The third kappa shape index (κ3) is 3.99. The smallest absolute Gasteiger partial charge is 0.257 e. The second-order valence-corrected chi connectivity index (χ2v) is 6.61. The molecule has 6 nitrogen and oxygen atoms in total. The molecule has 0 unspecified atom stereocenters. The predicted octanol–water partition coefficient (Wildman–Crippen LogP) is 3.12. The van der Waals surface area contributed by atoms with E-state index in [2.05, 4.69) is 11.0 Å². The van der Waals surface area contributed by atoms with Crippen molar-refractivity contribution in [1.82, 2.24) is 4.90 Å². The van der Waals surface area contributed by atoms with E-state index in [9.17, 15) is 14.9 Å². The third-order valence-corrected chi connectivity index (χ3v) is 4.85. The van der Waals surface area contributed by atoms with Crippen molar-refractivity contribution in [3.8, 4) is 11.8 Å². The first-order valence-electron chi connectivity index (χ1n) is 9.36. The van der Waals surface area contributed by atoms with Crippen LogP contribution in [0.25, 0.3) is 0 Å². The van der Waals surface area contributed by atoms with Gasteiger partial charge in [0.25, 0.3) is 5.91 Å². The molecule has 1 aliphatic heterocycles. The second kappa shape index (κ2) is 8.57. The van der Waals surface area contributed by atoms with E-state index in [-0.39, 0.29) is 11.7 Å². The van der Waals surface area contributed by atoms with Crippen LogP contribution >= 0.6 is 0 Å². The summed E-state index contributed by atoms with van der Waals surface area (Å²) >= 11 is 0. The summed E-state index contributed by atoms with van der Waals surface area (Å²) in [6, 6.07) is 14.6. The van der Waals surface area contributed by atoms with Gasteiger partial charge in [-0.1, -0.05) is 12.1 Å². The van der Waals surface area contributed by atoms with Crippen LogP contribution in [-0.4, -0.2) is 49.4 Å². The fourth-order valence-electron chi connectivity index (χ4n) is 3.35. The lowest BCUT2D eigenvalue weighted by molar-refractivity contribution is 0.0742. The highest BCUT2D eigenvalue weighted by Gasteiger charge is 2.25. The van der Waals surface area contributed by atoms with E-state index < -0.39 is 0 Å². The zero-order chi connectivity index (χ0) is 20.1. The molecule has 6 heteroatoms. The van der Waals surface area contributed by atoms with Gasteiger partial charge in [-0.2, -0.15) is 5.26 Å². The molecule has 1 amide bonds. The summed E-state index contributed by atoms with van der Waals surface area (Å²) in [5, 5.41) is 9.41. The standard InChI is InChI=1S/C22H23N3O3/c1-3-28-21-7-5-4-6-19(21)22(27)25-12-10-24(11-13-25)20-14-17(16(2)26)8-9-18(20)15-23/h4-9,14H,3,10-13H2,1-2H3. The number of ketones is 1. The number of Topliss-reactive ketones (excluding diaryl/α,β-unsaturated/α-hetero) is 1. The van der Waals surface area contributed by atoms with Crippen molar-refractivity contribution in [2.75, 3.05) is 37.7 Å². The molecule has 2 aromatic carbocycles. The summed E-state index contributed by atoms with van der Waals surface area (Å²) in [4.78, 5) is 28.5. The Balaban J connectivity index is 1.75. The molecule has 0 spiro atoms. The Morgan fingerprint density at radius 2 is 1.82 bits per heavy atom. The lowest BCUT2D eigenvalue weighted by atomic mass is 10.1. The normalized spacial score (nSPS) is 13.8. The van der Waals surface area contributed by atoms with Crippen LogP contribution in [0.15, 0.2) is 42.5 Å². The van der Waals surface area contributed by atoms with Crippen LogP contribution in [0.4, 0.5) is 5.69 Å². The highest BCUT2D eigenvalue weighted by atomic mass is 16.5. The number of rotatable bonds is 5. The molecule has 0 aromatic heterocycles. The van der Waals surface area contributed by atoms with Gasteiger partial charge in [-0.25, -0.2) is 0 Å². The number of amides is 1. The first kappa shape index (κ1) is 19.4. The van der Waals surface area contributed by atoms with Crippen LogP contribution in [0, 0.1) is 11.3 Å². The molecule has 3 rings (SSSR count). The van der Waals surface area contributed by atoms with E-state index in [1.54, 1.807) is 35.2 Å². The Labute approximate surface area is 164 Å². The topological polar surface area (TPSA) is 73.6 Å². The molecule has 0 N–H and O–H groups in total. The molecule has 0 saturated carbocycles. The molecule has 1 fully saturated rings. The molecule has 0 atom stereocenters. The van der Waals surface area contributed by atoms with E-state index in [1.165, 1.54) is 6.92 Å². The van der Waals surface area contributed by atoms with E-state index in [0.29, 0.717) is 55.2 Å². The number of carbonyl (C=O) groups excluding carboxylic acids is 2. The maximum absolute atomic E-state index is 12.9. The Kier molecular flexibility index (Phi) is 5.95. The van der Waals surface area contributed by atoms with Crippen LogP contribution < -0.4 is 9.64 Å². The summed E-state index contributed by atoms with van der Waals surface area (Å²) in [7, 11) is 0. The quantitative estimate of drug-likeness (QED) is 0.749. The van der Waals surface area contributed by atoms with E-state index >= 15 is 0 Å². The van der Waals surface area contributed by atoms with Gasteiger partial charge >= 0.3 is 0 Å². The monoisotopic (exact) mass is 377 g/mol. The number of anilines is 1. The highest BCUT2D eigenvalue weighted by molar-refractivity contribution is 5.97. The average Bonchev–Trinajstić information content (AvgIpc) is 2.73. The van der Waals surface area contributed by atoms with Crippen LogP contribution in [0.1, 0.15) is 40.1 Å². The van der Waals surface area contributed by atoms with Gasteiger partial charge in [-0.05, 0) is 44.2 Å². The number of benzene rings is 2. The van der Waals surface area contributed by atoms with E-state index in [0.717, 1.165) is 5.69 Å². The Morgan fingerprint density at radius 1 is 1.11 bits per heavy atom. The lowest BCUT2D eigenvalue weighted by Crippen LogP contribution is -2.49. The third-order valence-electron chi connectivity index (χ3n) is 4.85. The lowest BCUT2D eigenvalue weighted by Gasteiger charge is -2.36. The molecule has 0 radical (unpaired) electrons. The molecule has 1 saturated heterocycles. The van der Waals surface area contributed by atoms with Gasteiger partial charge in [0.15, 0.2) is 5.78 Å². The molecule has 0 bridgehead atoms. The molecule has 28 heavy (non-hydrogen) atoms. The number of hydrogen-bond acceptors (Lipinski definition) is 5. The maximum atomic E-state index is 12.9. The van der Waals surface area contributed by atoms with Gasteiger partial charge in [0.1, 0.15) is 11.8 Å². The molecule has 0 aliphatic carbocycles. The number of nitrogens with zero attached hydrogens (tertiary/aromatic N) is 3. The number of piperazine rings is 1. The van der Waals surface area contributed by atoms with Crippen molar-refractivity contribution in [1.29, 1.82) is 5.26 Å². The minimum Gasteiger partial charge on any atom is -0.493 e. The Hall–Kier alpha value is -3.33. The van der Waals surface area contributed by atoms with Crippen molar-refractivity contribution >= 4 is 17.4 Å². The number of hydrogen-bond donors (Lipinski definition) is 0.